The van der Waals surface area contributed by atoms with Gasteiger partial charge in [-0.1, -0.05) is 43.7 Å². The number of benzene rings is 1. The molecule has 1 aliphatic rings. The lowest BCUT2D eigenvalue weighted by molar-refractivity contribution is 0.0903. The van der Waals surface area contributed by atoms with Crippen LogP contribution in [0.25, 0.3) is 5.65 Å². The van der Waals surface area contributed by atoms with Crippen LogP contribution in [0.4, 0.5) is 11.9 Å². The number of nitrogens with one attached hydrogen (secondary N) is 2. The van der Waals surface area contributed by atoms with Crippen LogP contribution in [0.5, 0.6) is 0 Å². The van der Waals surface area contributed by atoms with Crippen LogP contribution < -0.4 is 10.6 Å². The molecule has 3 heterocycles. The van der Waals surface area contributed by atoms with Crippen LogP contribution in [0.2, 0.25) is 0 Å². The molecule has 2 N–H and O–H groups in total. The second kappa shape index (κ2) is 8.14. The van der Waals surface area contributed by atoms with Gasteiger partial charge in [0.05, 0.1) is 6.20 Å². The van der Waals surface area contributed by atoms with Gasteiger partial charge in [-0.25, -0.2) is 0 Å². The van der Waals surface area contributed by atoms with E-state index in [1.807, 2.05) is 6.20 Å². The fraction of sp³-hybridized carbons (Fsp3) is 0.476. The Kier molecular flexibility index (Phi) is 5.43. The first-order valence-corrected chi connectivity index (χ1v) is 9.99. The number of anilines is 2. The van der Waals surface area contributed by atoms with Crippen LogP contribution in [0.3, 0.4) is 0 Å². The molecule has 7 heteroatoms. The molecule has 0 unspecified atom stereocenters. The number of hydrogen-bond donors (Lipinski definition) is 2. The number of aromatic nitrogens is 4. The van der Waals surface area contributed by atoms with Crippen molar-refractivity contribution in [1.29, 1.82) is 0 Å². The maximum atomic E-state index is 5.46. The third kappa shape index (κ3) is 4.09. The van der Waals surface area contributed by atoms with Crippen molar-refractivity contribution in [1.82, 2.24) is 19.6 Å². The summed E-state index contributed by atoms with van der Waals surface area (Å²) in [5.41, 5.74) is 4.43. The SMILES string of the molecule is Cc1cccc(CNc2nc(NC3CCOCC3)nc3c(C(C)C)cnn23)c1. The summed E-state index contributed by atoms with van der Waals surface area (Å²) in [4.78, 5) is 9.51. The Morgan fingerprint density at radius 2 is 2.04 bits per heavy atom. The van der Waals surface area contributed by atoms with Crippen molar-refractivity contribution in [2.24, 2.45) is 0 Å². The summed E-state index contributed by atoms with van der Waals surface area (Å²) in [5, 5.41) is 11.5. The normalized spacial score (nSPS) is 15.3. The number of rotatable bonds is 6. The number of ether oxygens (including phenoxy) is 1. The van der Waals surface area contributed by atoms with Crippen molar-refractivity contribution in [2.45, 2.75) is 52.1 Å². The monoisotopic (exact) mass is 380 g/mol. The average Bonchev–Trinajstić information content (AvgIpc) is 3.11. The first-order chi connectivity index (χ1) is 13.6. The molecular formula is C21H28N6O. The van der Waals surface area contributed by atoms with Gasteiger partial charge in [0, 0.05) is 31.4 Å². The topological polar surface area (TPSA) is 76.4 Å². The highest BCUT2D eigenvalue weighted by Crippen LogP contribution is 2.23. The van der Waals surface area contributed by atoms with E-state index in [1.165, 1.54) is 11.1 Å². The molecule has 3 aromatic rings. The lowest BCUT2D eigenvalue weighted by Crippen LogP contribution is -2.29. The minimum atomic E-state index is 0.339. The zero-order valence-electron chi connectivity index (χ0n) is 16.8. The van der Waals surface area contributed by atoms with Crippen molar-refractivity contribution in [3.8, 4) is 0 Å². The van der Waals surface area contributed by atoms with E-state index in [0.29, 0.717) is 30.4 Å². The first-order valence-electron chi connectivity index (χ1n) is 9.99. The second-order valence-corrected chi connectivity index (χ2v) is 7.73. The summed E-state index contributed by atoms with van der Waals surface area (Å²) < 4.78 is 7.27. The van der Waals surface area contributed by atoms with E-state index in [-0.39, 0.29) is 0 Å². The molecule has 4 rings (SSSR count). The number of fused-ring (bicyclic) bond motifs is 1. The Morgan fingerprint density at radius 1 is 1.21 bits per heavy atom. The quantitative estimate of drug-likeness (QED) is 0.678. The molecule has 1 aliphatic heterocycles. The second-order valence-electron chi connectivity index (χ2n) is 7.73. The van der Waals surface area contributed by atoms with Gasteiger partial charge in [-0.2, -0.15) is 19.6 Å². The molecule has 148 valence electrons. The summed E-state index contributed by atoms with van der Waals surface area (Å²) in [6.07, 6.45) is 3.83. The van der Waals surface area contributed by atoms with E-state index < -0.39 is 0 Å². The van der Waals surface area contributed by atoms with Gasteiger partial charge in [0.15, 0.2) is 5.65 Å². The minimum absolute atomic E-state index is 0.339. The largest absolute Gasteiger partial charge is 0.381 e. The Labute approximate surface area is 165 Å². The molecule has 1 fully saturated rings. The molecule has 28 heavy (non-hydrogen) atoms. The predicted molar refractivity (Wildman–Crippen MR) is 111 cm³/mol. The lowest BCUT2D eigenvalue weighted by atomic mass is 10.1. The van der Waals surface area contributed by atoms with Gasteiger partial charge in [-0.3, -0.25) is 0 Å². The number of nitrogens with zero attached hydrogens (tertiary/aromatic N) is 4. The van der Waals surface area contributed by atoms with E-state index in [9.17, 15) is 0 Å². The summed E-state index contributed by atoms with van der Waals surface area (Å²) in [7, 11) is 0. The Morgan fingerprint density at radius 3 is 2.79 bits per heavy atom. The van der Waals surface area contributed by atoms with Gasteiger partial charge in [-0.05, 0) is 31.2 Å². The molecule has 1 aromatic carbocycles. The van der Waals surface area contributed by atoms with Crippen LogP contribution in [0.1, 0.15) is 49.3 Å². The highest BCUT2D eigenvalue weighted by molar-refractivity contribution is 5.56. The van der Waals surface area contributed by atoms with Gasteiger partial charge >= 0.3 is 0 Å². The molecule has 0 bridgehead atoms. The first kappa shape index (κ1) is 18.7. The maximum Gasteiger partial charge on any atom is 0.229 e. The van der Waals surface area contributed by atoms with Crippen LogP contribution in [-0.2, 0) is 11.3 Å². The molecule has 0 saturated carbocycles. The summed E-state index contributed by atoms with van der Waals surface area (Å²) >= 11 is 0. The molecule has 0 atom stereocenters. The summed E-state index contributed by atoms with van der Waals surface area (Å²) in [5.74, 6) is 1.69. The van der Waals surface area contributed by atoms with Gasteiger partial charge in [-0.15, -0.1) is 0 Å². The third-order valence-corrected chi connectivity index (χ3v) is 5.10. The number of hydrogen-bond acceptors (Lipinski definition) is 6. The standard InChI is InChI=1S/C21H28N6O/c1-14(2)18-13-23-27-19(18)25-20(24-17-7-9-28-10-8-17)26-21(27)22-12-16-6-4-5-15(3)11-16/h4-6,11,13-14,17H,7-10,12H2,1-3H3,(H2,22,24,25,26). The van der Waals surface area contributed by atoms with Crippen molar-refractivity contribution in [2.75, 3.05) is 23.8 Å². The highest BCUT2D eigenvalue weighted by atomic mass is 16.5. The fourth-order valence-electron chi connectivity index (χ4n) is 3.51. The van der Waals surface area contributed by atoms with E-state index >= 15 is 0 Å². The zero-order chi connectivity index (χ0) is 19.5. The van der Waals surface area contributed by atoms with Crippen LogP contribution in [-0.4, -0.2) is 38.8 Å². The van der Waals surface area contributed by atoms with Crippen molar-refractivity contribution < 1.29 is 4.74 Å². The van der Waals surface area contributed by atoms with Gasteiger partial charge in [0.2, 0.25) is 11.9 Å². The third-order valence-electron chi connectivity index (χ3n) is 5.10. The number of aryl methyl sites for hydroxylation is 1. The van der Waals surface area contributed by atoms with Gasteiger partial charge in [0.1, 0.15) is 0 Å². The molecule has 7 nitrogen and oxygen atoms in total. The fourth-order valence-corrected chi connectivity index (χ4v) is 3.51. The van der Waals surface area contributed by atoms with Crippen molar-refractivity contribution in [3.05, 3.63) is 47.2 Å². The Balaban J connectivity index is 1.64. The molecule has 2 aromatic heterocycles. The molecule has 0 amide bonds. The van der Waals surface area contributed by atoms with Crippen LogP contribution in [0.15, 0.2) is 30.5 Å². The van der Waals surface area contributed by atoms with Crippen molar-refractivity contribution in [3.63, 3.8) is 0 Å². The molecule has 0 radical (unpaired) electrons. The smallest absolute Gasteiger partial charge is 0.229 e. The maximum absolute atomic E-state index is 5.46. The molecular weight excluding hydrogens is 352 g/mol. The average molecular weight is 380 g/mol. The minimum Gasteiger partial charge on any atom is -0.381 e. The predicted octanol–water partition coefficient (Wildman–Crippen LogP) is 3.76. The molecule has 0 aliphatic carbocycles. The van der Waals surface area contributed by atoms with E-state index in [2.05, 4.69) is 60.8 Å². The highest BCUT2D eigenvalue weighted by Gasteiger charge is 2.18. The van der Waals surface area contributed by atoms with E-state index in [1.54, 1.807) is 4.52 Å². The summed E-state index contributed by atoms with van der Waals surface area (Å²) in [6.45, 7) is 8.66. The zero-order valence-corrected chi connectivity index (χ0v) is 16.8. The molecule has 0 spiro atoms. The Hall–Kier alpha value is -2.67. The van der Waals surface area contributed by atoms with Gasteiger partial charge in [0.25, 0.3) is 0 Å². The Bertz CT molecular complexity index is 945. The van der Waals surface area contributed by atoms with Crippen LogP contribution >= 0.6 is 0 Å². The van der Waals surface area contributed by atoms with Gasteiger partial charge < -0.3 is 15.4 Å². The lowest BCUT2D eigenvalue weighted by Gasteiger charge is -2.23. The summed E-state index contributed by atoms with van der Waals surface area (Å²) in [6, 6.07) is 8.80. The van der Waals surface area contributed by atoms with E-state index in [0.717, 1.165) is 37.3 Å². The van der Waals surface area contributed by atoms with E-state index in [4.69, 9.17) is 14.7 Å². The molecule has 1 saturated heterocycles. The van der Waals surface area contributed by atoms with Crippen molar-refractivity contribution >= 4 is 17.5 Å². The van der Waals surface area contributed by atoms with Crippen LogP contribution in [0, 0.1) is 6.92 Å².